The number of imidazole rings is 1. The summed E-state index contributed by atoms with van der Waals surface area (Å²) in [6, 6.07) is 11.6. The lowest BCUT2D eigenvalue weighted by Crippen LogP contribution is -2.19. The smallest absolute Gasteiger partial charge is 0.125 e. The number of aromatic amines is 1. The van der Waals surface area contributed by atoms with E-state index in [4.69, 9.17) is 0 Å². The van der Waals surface area contributed by atoms with E-state index in [0.29, 0.717) is 11.8 Å². The fraction of sp³-hybridized carbons (Fsp3) is 0.333. The zero-order valence-electron chi connectivity index (χ0n) is 16.3. The summed E-state index contributed by atoms with van der Waals surface area (Å²) in [5, 5.41) is 0.934. The highest BCUT2D eigenvalue weighted by atomic mass is 19.1. The highest BCUT2D eigenvalue weighted by molar-refractivity contribution is 5.82. The number of benzene rings is 2. The van der Waals surface area contributed by atoms with E-state index in [0.717, 1.165) is 53.4 Å². The van der Waals surface area contributed by atoms with Gasteiger partial charge in [-0.05, 0) is 85.5 Å². The molecule has 2 aromatic carbocycles. The van der Waals surface area contributed by atoms with Crippen LogP contribution < -0.4 is 0 Å². The fourth-order valence-corrected chi connectivity index (χ4v) is 4.87. The molecule has 0 amide bonds. The molecule has 1 N–H and O–H groups in total. The molecule has 4 aromatic rings. The molecule has 3 nitrogen and oxygen atoms in total. The lowest BCUT2D eigenvalue weighted by Gasteiger charge is -2.32. The average molecular weight is 391 g/mol. The highest BCUT2D eigenvalue weighted by Crippen LogP contribution is 2.42. The number of pyridine rings is 1. The summed E-state index contributed by atoms with van der Waals surface area (Å²) in [4.78, 5) is 12.4. The van der Waals surface area contributed by atoms with Gasteiger partial charge in [-0.15, -0.1) is 0 Å². The van der Waals surface area contributed by atoms with Gasteiger partial charge in [-0.25, -0.2) is 13.8 Å². The quantitative estimate of drug-likeness (QED) is 0.435. The van der Waals surface area contributed by atoms with Crippen LogP contribution in [0.15, 0.2) is 48.7 Å². The van der Waals surface area contributed by atoms with Crippen LogP contribution in [0.3, 0.4) is 0 Å². The van der Waals surface area contributed by atoms with Crippen molar-refractivity contribution in [3.8, 4) is 0 Å². The molecule has 5 heteroatoms. The SMILES string of the molecule is C[C@@H](c1nc2ccc(F)cc2[nH]1)C1CCC(c2ccnc3ccc(F)cc23)CC1. The zero-order chi connectivity index (χ0) is 20.0. The van der Waals surface area contributed by atoms with Crippen LogP contribution in [0.25, 0.3) is 21.9 Å². The molecule has 1 saturated carbocycles. The number of aromatic nitrogens is 3. The van der Waals surface area contributed by atoms with Crippen molar-refractivity contribution in [2.24, 2.45) is 5.92 Å². The minimum Gasteiger partial charge on any atom is -0.342 e. The van der Waals surface area contributed by atoms with Gasteiger partial charge in [0.05, 0.1) is 16.6 Å². The largest absolute Gasteiger partial charge is 0.342 e. The van der Waals surface area contributed by atoms with E-state index in [9.17, 15) is 8.78 Å². The first-order chi connectivity index (χ1) is 14.1. The molecule has 0 spiro atoms. The number of halogens is 2. The summed E-state index contributed by atoms with van der Waals surface area (Å²) >= 11 is 0. The Labute approximate surface area is 168 Å². The number of H-pyrrole nitrogens is 1. The van der Waals surface area contributed by atoms with E-state index in [1.54, 1.807) is 18.2 Å². The molecule has 29 heavy (non-hydrogen) atoms. The van der Waals surface area contributed by atoms with Gasteiger partial charge in [0.15, 0.2) is 0 Å². The van der Waals surface area contributed by atoms with Crippen LogP contribution in [0.4, 0.5) is 8.78 Å². The number of hydrogen-bond donors (Lipinski definition) is 1. The Balaban J connectivity index is 1.34. The van der Waals surface area contributed by atoms with Crippen LogP contribution in [0, 0.1) is 17.6 Å². The lowest BCUT2D eigenvalue weighted by molar-refractivity contribution is 0.286. The van der Waals surface area contributed by atoms with Crippen molar-refractivity contribution in [2.75, 3.05) is 0 Å². The van der Waals surface area contributed by atoms with Gasteiger partial charge in [0, 0.05) is 17.5 Å². The van der Waals surface area contributed by atoms with Gasteiger partial charge >= 0.3 is 0 Å². The Morgan fingerprint density at radius 3 is 2.45 bits per heavy atom. The van der Waals surface area contributed by atoms with Gasteiger partial charge in [0.25, 0.3) is 0 Å². The van der Waals surface area contributed by atoms with Crippen molar-refractivity contribution in [1.29, 1.82) is 0 Å². The summed E-state index contributed by atoms with van der Waals surface area (Å²) in [5.41, 5.74) is 3.63. The summed E-state index contributed by atoms with van der Waals surface area (Å²) in [5.74, 6) is 1.72. The molecule has 2 aromatic heterocycles. The molecule has 1 atom stereocenters. The van der Waals surface area contributed by atoms with Crippen molar-refractivity contribution in [2.45, 2.75) is 44.4 Å². The van der Waals surface area contributed by atoms with E-state index >= 15 is 0 Å². The van der Waals surface area contributed by atoms with Gasteiger partial charge in [-0.2, -0.15) is 0 Å². The number of nitrogens with one attached hydrogen (secondary N) is 1. The number of fused-ring (bicyclic) bond motifs is 2. The Hall–Kier alpha value is -2.82. The minimum atomic E-state index is -0.248. The molecule has 2 heterocycles. The van der Waals surface area contributed by atoms with E-state index in [1.807, 2.05) is 12.3 Å². The summed E-state index contributed by atoms with van der Waals surface area (Å²) in [6.45, 7) is 2.20. The van der Waals surface area contributed by atoms with Crippen LogP contribution in [0.5, 0.6) is 0 Å². The topological polar surface area (TPSA) is 41.6 Å². The third kappa shape index (κ3) is 3.39. The molecular weight excluding hydrogens is 368 g/mol. The van der Waals surface area contributed by atoms with Crippen molar-refractivity contribution in [3.05, 3.63) is 71.7 Å². The Bertz CT molecular complexity index is 1180. The average Bonchev–Trinajstić information content (AvgIpc) is 3.16. The first kappa shape index (κ1) is 18.2. The minimum absolute atomic E-state index is 0.213. The molecule has 1 aliphatic rings. The predicted octanol–water partition coefficient (Wildman–Crippen LogP) is 6.47. The Morgan fingerprint density at radius 2 is 1.66 bits per heavy atom. The van der Waals surface area contributed by atoms with E-state index in [2.05, 4.69) is 21.9 Å². The molecule has 1 fully saturated rings. The second-order valence-electron chi connectivity index (χ2n) is 8.25. The van der Waals surface area contributed by atoms with Crippen LogP contribution >= 0.6 is 0 Å². The van der Waals surface area contributed by atoms with Crippen molar-refractivity contribution < 1.29 is 8.78 Å². The molecule has 5 rings (SSSR count). The van der Waals surface area contributed by atoms with Gasteiger partial charge in [0.1, 0.15) is 17.5 Å². The van der Waals surface area contributed by atoms with Gasteiger partial charge < -0.3 is 4.98 Å². The van der Waals surface area contributed by atoms with Crippen molar-refractivity contribution >= 4 is 21.9 Å². The normalized spacial score (nSPS) is 20.9. The Kier molecular flexibility index (Phi) is 4.53. The van der Waals surface area contributed by atoms with Gasteiger partial charge in [0.2, 0.25) is 0 Å². The second-order valence-corrected chi connectivity index (χ2v) is 8.25. The third-order valence-corrected chi connectivity index (χ3v) is 6.55. The van der Waals surface area contributed by atoms with Gasteiger partial charge in [-0.3, -0.25) is 4.98 Å². The van der Waals surface area contributed by atoms with Gasteiger partial charge in [-0.1, -0.05) is 6.92 Å². The third-order valence-electron chi connectivity index (χ3n) is 6.55. The number of hydrogen-bond acceptors (Lipinski definition) is 2. The first-order valence-corrected chi connectivity index (χ1v) is 10.3. The molecule has 0 radical (unpaired) electrons. The maximum atomic E-state index is 13.8. The highest BCUT2D eigenvalue weighted by Gasteiger charge is 2.29. The van der Waals surface area contributed by atoms with Crippen molar-refractivity contribution in [1.82, 2.24) is 15.0 Å². The molecule has 148 valence electrons. The molecule has 0 aliphatic heterocycles. The summed E-state index contributed by atoms with van der Waals surface area (Å²) in [7, 11) is 0. The van der Waals surface area contributed by atoms with Crippen LogP contribution in [0.1, 0.15) is 55.8 Å². The number of rotatable bonds is 3. The first-order valence-electron chi connectivity index (χ1n) is 10.3. The molecule has 0 unspecified atom stereocenters. The molecule has 0 bridgehead atoms. The second kappa shape index (κ2) is 7.21. The molecule has 0 saturated heterocycles. The maximum absolute atomic E-state index is 13.8. The van der Waals surface area contributed by atoms with E-state index < -0.39 is 0 Å². The predicted molar refractivity (Wildman–Crippen MR) is 111 cm³/mol. The Morgan fingerprint density at radius 1 is 0.931 bits per heavy atom. The maximum Gasteiger partial charge on any atom is 0.125 e. The monoisotopic (exact) mass is 391 g/mol. The zero-order valence-corrected chi connectivity index (χ0v) is 16.3. The number of nitrogens with zero attached hydrogens (tertiary/aromatic N) is 2. The fourth-order valence-electron chi connectivity index (χ4n) is 4.87. The van der Waals surface area contributed by atoms with Crippen LogP contribution in [0.2, 0.25) is 0 Å². The van der Waals surface area contributed by atoms with Crippen molar-refractivity contribution in [3.63, 3.8) is 0 Å². The summed E-state index contributed by atoms with van der Waals surface area (Å²) in [6.07, 6.45) is 6.16. The summed E-state index contributed by atoms with van der Waals surface area (Å²) < 4.78 is 27.3. The van der Waals surface area contributed by atoms with Crippen LogP contribution in [-0.2, 0) is 0 Å². The lowest BCUT2D eigenvalue weighted by atomic mass is 9.73. The van der Waals surface area contributed by atoms with E-state index in [-0.39, 0.29) is 17.6 Å². The van der Waals surface area contributed by atoms with Crippen LogP contribution in [-0.4, -0.2) is 15.0 Å². The standard InChI is InChI=1S/C24H23F2N3/c1-14(24-28-22-9-7-18(26)13-23(22)29-24)15-2-4-16(5-3-15)19-10-11-27-21-8-6-17(25)12-20(19)21/h6-16H,2-5H2,1H3,(H,28,29)/t14-,15?,16?/m1/s1. The van der Waals surface area contributed by atoms with E-state index in [1.165, 1.54) is 23.8 Å². The molecular formula is C24H23F2N3. The molecule has 1 aliphatic carbocycles.